The second kappa shape index (κ2) is 4.94. The summed E-state index contributed by atoms with van der Waals surface area (Å²) in [6, 6.07) is 3.51. The number of halogens is 1. The molecule has 2 heterocycles. The number of hydrogen-bond donors (Lipinski definition) is 1. The van der Waals surface area contributed by atoms with Gasteiger partial charge in [0, 0.05) is 11.0 Å². The molecular weight excluding hydrogens is 211 g/mol. The first-order chi connectivity index (χ1) is 7.25. The Labute approximate surface area is 93.7 Å². The number of nitrogens with zero attached hydrogens (tertiary/aromatic N) is 1. The van der Waals surface area contributed by atoms with Gasteiger partial charge in [0.15, 0.2) is 0 Å². The van der Waals surface area contributed by atoms with Crippen LogP contribution in [0.25, 0.3) is 0 Å². The summed E-state index contributed by atoms with van der Waals surface area (Å²) < 4.78 is 12.7. The van der Waals surface area contributed by atoms with E-state index in [4.69, 9.17) is 0 Å². The van der Waals surface area contributed by atoms with E-state index in [2.05, 4.69) is 17.2 Å². The molecule has 0 radical (unpaired) electrons. The third-order valence-corrected chi connectivity index (χ3v) is 3.93. The summed E-state index contributed by atoms with van der Waals surface area (Å²) in [5.41, 5.74) is 0.943. The Morgan fingerprint density at radius 2 is 2.40 bits per heavy atom. The molecule has 2 unspecified atom stereocenters. The molecular formula is C11H15FN2S. The Morgan fingerprint density at radius 1 is 1.53 bits per heavy atom. The van der Waals surface area contributed by atoms with Gasteiger partial charge in [-0.25, -0.2) is 4.39 Å². The number of rotatable bonds is 1. The minimum Gasteiger partial charge on any atom is -0.308 e. The minimum atomic E-state index is -0.270. The standard InChI is InChI=1S/C11H15FN2S/c1-8-4-5-13-11(7-15-8)10-3-2-9(12)6-14-10/h2-3,6,8,11,13H,4-5,7H2,1H3. The molecule has 4 heteroatoms. The van der Waals surface area contributed by atoms with Crippen molar-refractivity contribution in [1.29, 1.82) is 0 Å². The van der Waals surface area contributed by atoms with Crippen LogP contribution < -0.4 is 5.32 Å². The first-order valence-electron chi connectivity index (χ1n) is 5.22. The molecule has 82 valence electrons. The van der Waals surface area contributed by atoms with Gasteiger partial charge in [-0.3, -0.25) is 4.98 Å². The van der Waals surface area contributed by atoms with Crippen molar-refractivity contribution in [2.45, 2.75) is 24.6 Å². The number of thioether (sulfide) groups is 1. The maximum absolute atomic E-state index is 12.7. The second-order valence-electron chi connectivity index (χ2n) is 3.84. The molecule has 2 nitrogen and oxygen atoms in total. The van der Waals surface area contributed by atoms with E-state index in [0.717, 1.165) is 18.0 Å². The van der Waals surface area contributed by atoms with Crippen molar-refractivity contribution in [3.8, 4) is 0 Å². The third kappa shape index (κ3) is 2.92. The second-order valence-corrected chi connectivity index (χ2v) is 5.31. The molecule has 0 aliphatic carbocycles. The molecule has 0 bridgehead atoms. The van der Waals surface area contributed by atoms with Gasteiger partial charge in [-0.05, 0) is 25.1 Å². The quantitative estimate of drug-likeness (QED) is 0.796. The van der Waals surface area contributed by atoms with E-state index >= 15 is 0 Å². The molecule has 0 amide bonds. The largest absolute Gasteiger partial charge is 0.308 e. The Kier molecular flexibility index (Phi) is 3.59. The van der Waals surface area contributed by atoms with Crippen LogP contribution in [0.3, 0.4) is 0 Å². The lowest BCUT2D eigenvalue weighted by Crippen LogP contribution is -2.23. The fraction of sp³-hybridized carbons (Fsp3) is 0.545. The number of nitrogens with one attached hydrogen (secondary N) is 1. The highest BCUT2D eigenvalue weighted by molar-refractivity contribution is 7.99. The fourth-order valence-corrected chi connectivity index (χ4v) is 2.74. The lowest BCUT2D eigenvalue weighted by atomic mass is 10.2. The first kappa shape index (κ1) is 10.9. The van der Waals surface area contributed by atoms with Gasteiger partial charge in [0.25, 0.3) is 0 Å². The average molecular weight is 226 g/mol. The Balaban J connectivity index is 2.06. The molecule has 1 aliphatic heterocycles. The smallest absolute Gasteiger partial charge is 0.141 e. The SMILES string of the molecule is CC1CCNC(c2ccc(F)cn2)CS1. The zero-order chi connectivity index (χ0) is 10.7. The van der Waals surface area contributed by atoms with Gasteiger partial charge >= 0.3 is 0 Å². The summed E-state index contributed by atoms with van der Waals surface area (Å²) >= 11 is 1.95. The highest BCUT2D eigenvalue weighted by atomic mass is 32.2. The van der Waals surface area contributed by atoms with Crippen molar-refractivity contribution < 1.29 is 4.39 Å². The van der Waals surface area contributed by atoms with Gasteiger partial charge in [-0.15, -0.1) is 0 Å². The van der Waals surface area contributed by atoms with Crippen LogP contribution >= 0.6 is 11.8 Å². The normalized spacial score (nSPS) is 27.3. The van der Waals surface area contributed by atoms with Crippen LogP contribution in [-0.2, 0) is 0 Å². The lowest BCUT2D eigenvalue weighted by Gasteiger charge is -2.14. The topological polar surface area (TPSA) is 24.9 Å². The van der Waals surface area contributed by atoms with Gasteiger partial charge in [0.1, 0.15) is 5.82 Å². The van der Waals surface area contributed by atoms with E-state index < -0.39 is 0 Å². The molecule has 15 heavy (non-hydrogen) atoms. The third-order valence-electron chi connectivity index (χ3n) is 2.60. The molecule has 1 aromatic rings. The van der Waals surface area contributed by atoms with E-state index in [0.29, 0.717) is 5.25 Å². The monoisotopic (exact) mass is 226 g/mol. The van der Waals surface area contributed by atoms with E-state index in [1.54, 1.807) is 6.07 Å². The number of hydrogen-bond acceptors (Lipinski definition) is 3. The maximum Gasteiger partial charge on any atom is 0.141 e. The van der Waals surface area contributed by atoms with E-state index in [1.807, 2.05) is 11.8 Å². The lowest BCUT2D eigenvalue weighted by molar-refractivity contribution is 0.560. The van der Waals surface area contributed by atoms with Gasteiger partial charge in [0.2, 0.25) is 0 Å². The molecule has 0 spiro atoms. The van der Waals surface area contributed by atoms with Gasteiger partial charge in [-0.1, -0.05) is 6.92 Å². The van der Waals surface area contributed by atoms with Crippen LogP contribution in [0, 0.1) is 5.82 Å². The zero-order valence-corrected chi connectivity index (χ0v) is 9.56. The molecule has 2 rings (SSSR count). The molecule has 1 saturated heterocycles. The highest BCUT2D eigenvalue weighted by Gasteiger charge is 2.18. The molecule has 2 atom stereocenters. The first-order valence-corrected chi connectivity index (χ1v) is 6.27. The number of pyridine rings is 1. The summed E-state index contributed by atoms with van der Waals surface area (Å²) in [5.74, 6) is 0.744. The van der Waals surface area contributed by atoms with Crippen LogP contribution in [-0.4, -0.2) is 22.5 Å². The van der Waals surface area contributed by atoms with E-state index in [9.17, 15) is 4.39 Å². The van der Waals surface area contributed by atoms with Crippen molar-refractivity contribution in [2.24, 2.45) is 0 Å². The highest BCUT2D eigenvalue weighted by Crippen LogP contribution is 2.24. The predicted molar refractivity (Wildman–Crippen MR) is 61.5 cm³/mol. The summed E-state index contributed by atoms with van der Waals surface area (Å²) in [5, 5.41) is 4.14. The average Bonchev–Trinajstić information content (AvgIpc) is 2.44. The van der Waals surface area contributed by atoms with Gasteiger partial charge in [-0.2, -0.15) is 11.8 Å². The maximum atomic E-state index is 12.7. The predicted octanol–water partition coefficient (Wildman–Crippen LogP) is 2.38. The van der Waals surface area contributed by atoms with Crippen molar-refractivity contribution in [1.82, 2.24) is 10.3 Å². The van der Waals surface area contributed by atoms with Gasteiger partial charge < -0.3 is 5.32 Å². The fourth-order valence-electron chi connectivity index (χ4n) is 1.65. The van der Waals surface area contributed by atoms with Gasteiger partial charge in [0.05, 0.1) is 17.9 Å². The summed E-state index contributed by atoms with van der Waals surface area (Å²) in [6.45, 7) is 3.25. The Hall–Kier alpha value is -0.610. The molecule has 1 aliphatic rings. The summed E-state index contributed by atoms with van der Waals surface area (Å²) in [6.07, 6.45) is 2.47. The van der Waals surface area contributed by atoms with Crippen molar-refractivity contribution in [2.75, 3.05) is 12.3 Å². The summed E-state index contributed by atoms with van der Waals surface area (Å²) in [4.78, 5) is 4.12. The zero-order valence-electron chi connectivity index (χ0n) is 8.74. The molecule has 0 saturated carbocycles. The van der Waals surface area contributed by atoms with Crippen LogP contribution in [0.15, 0.2) is 18.3 Å². The Bertz CT molecular complexity index is 315. The molecule has 1 aromatic heterocycles. The van der Waals surface area contributed by atoms with Crippen LogP contribution in [0.2, 0.25) is 0 Å². The Morgan fingerprint density at radius 3 is 3.13 bits per heavy atom. The summed E-state index contributed by atoms with van der Waals surface area (Å²) in [7, 11) is 0. The number of aromatic nitrogens is 1. The van der Waals surface area contributed by atoms with Crippen molar-refractivity contribution in [3.05, 3.63) is 29.8 Å². The van der Waals surface area contributed by atoms with Crippen LogP contribution in [0.4, 0.5) is 4.39 Å². The minimum absolute atomic E-state index is 0.264. The molecule has 1 N–H and O–H groups in total. The van der Waals surface area contributed by atoms with Crippen LogP contribution in [0.1, 0.15) is 25.1 Å². The van der Waals surface area contributed by atoms with E-state index in [-0.39, 0.29) is 11.9 Å². The van der Waals surface area contributed by atoms with Crippen molar-refractivity contribution in [3.63, 3.8) is 0 Å². The van der Waals surface area contributed by atoms with E-state index in [1.165, 1.54) is 18.7 Å². The van der Waals surface area contributed by atoms with Crippen molar-refractivity contribution >= 4 is 11.8 Å². The molecule has 1 fully saturated rings. The molecule has 0 aromatic carbocycles. The van der Waals surface area contributed by atoms with Crippen LogP contribution in [0.5, 0.6) is 0 Å².